The molecule has 2 saturated heterocycles. The van der Waals surface area contributed by atoms with Gasteiger partial charge in [0.05, 0.1) is 41.2 Å². The third-order valence-corrected chi connectivity index (χ3v) is 9.36. The molecule has 2 aliphatic heterocycles. The van der Waals surface area contributed by atoms with Gasteiger partial charge in [-0.25, -0.2) is 4.79 Å². The molecule has 0 radical (unpaired) electrons. The lowest BCUT2D eigenvalue weighted by molar-refractivity contribution is 0.0600. The Morgan fingerprint density at radius 2 is 1.81 bits per heavy atom. The zero-order valence-electron chi connectivity index (χ0n) is 24.9. The lowest BCUT2D eigenvalue weighted by atomic mass is 9.96. The van der Waals surface area contributed by atoms with Gasteiger partial charge in [0, 0.05) is 42.0 Å². The maximum absolute atomic E-state index is 12.3. The van der Waals surface area contributed by atoms with Gasteiger partial charge in [-0.05, 0) is 105 Å². The Kier molecular flexibility index (Phi) is 8.16. The van der Waals surface area contributed by atoms with E-state index in [1.165, 1.54) is 20.0 Å². The Morgan fingerprint density at radius 1 is 1.02 bits per heavy atom. The molecule has 6 rings (SSSR count). The number of esters is 1. The first-order valence-electron chi connectivity index (χ1n) is 14.7. The minimum absolute atomic E-state index is 0.189. The van der Waals surface area contributed by atoms with Crippen LogP contribution in [-0.2, 0) is 4.74 Å². The molecule has 222 valence electrons. The highest BCUT2D eigenvalue weighted by atomic mass is 35.5. The molecule has 0 aliphatic carbocycles. The molecule has 0 unspecified atom stereocenters. The summed E-state index contributed by atoms with van der Waals surface area (Å²) in [6, 6.07) is 21.6. The normalized spacial score (nSPS) is 19.0. The molecule has 1 N–H and O–H groups in total. The molecule has 0 spiro atoms. The second kappa shape index (κ2) is 12.0. The monoisotopic (exact) mass is 613 g/mol. The van der Waals surface area contributed by atoms with Gasteiger partial charge in [-0.1, -0.05) is 30.7 Å². The first-order chi connectivity index (χ1) is 20.8. The van der Waals surface area contributed by atoms with E-state index in [-0.39, 0.29) is 18.1 Å². The predicted molar refractivity (Wildman–Crippen MR) is 177 cm³/mol. The Hall–Kier alpha value is -3.88. The molecule has 0 saturated carbocycles. The van der Waals surface area contributed by atoms with Crippen LogP contribution in [0.5, 0.6) is 0 Å². The number of nitrogens with one attached hydrogen (secondary N) is 1. The Labute approximate surface area is 263 Å². The highest BCUT2D eigenvalue weighted by Crippen LogP contribution is 2.45. The van der Waals surface area contributed by atoms with Crippen molar-refractivity contribution in [1.29, 1.82) is 0 Å². The number of anilines is 2. The molecule has 4 heterocycles. The number of methoxy groups -OCH3 is 1. The molecule has 0 amide bonds. The largest absolute Gasteiger partial charge is 0.465 e. The van der Waals surface area contributed by atoms with Crippen molar-refractivity contribution in [3.63, 3.8) is 0 Å². The Morgan fingerprint density at radius 3 is 2.51 bits per heavy atom. The topological polar surface area (TPSA) is 62.6 Å². The van der Waals surface area contributed by atoms with Gasteiger partial charge in [-0.2, -0.15) is 0 Å². The summed E-state index contributed by atoms with van der Waals surface area (Å²) in [6.45, 7) is 8.52. The number of nitrogens with zero attached hydrogens (tertiary/aromatic N) is 4. The Balaban J connectivity index is 1.43. The lowest BCUT2D eigenvalue weighted by Crippen LogP contribution is -2.33. The fraction of sp³-hybridized carbons (Fsp3) is 0.324. The zero-order valence-corrected chi connectivity index (χ0v) is 26.5. The molecule has 4 aromatic rings. The van der Waals surface area contributed by atoms with Crippen molar-refractivity contribution in [3.8, 4) is 5.69 Å². The summed E-state index contributed by atoms with van der Waals surface area (Å²) in [5.41, 5.74) is 7.49. The number of piperidine rings is 1. The van der Waals surface area contributed by atoms with Gasteiger partial charge in [0.25, 0.3) is 0 Å². The average Bonchev–Trinajstić information content (AvgIpc) is 3.52. The van der Waals surface area contributed by atoms with Crippen LogP contribution in [0.2, 0.25) is 5.02 Å². The number of pyridine rings is 1. The van der Waals surface area contributed by atoms with E-state index in [0.29, 0.717) is 10.7 Å². The van der Waals surface area contributed by atoms with Crippen molar-refractivity contribution >= 4 is 46.3 Å². The number of aromatic nitrogens is 2. The maximum Gasteiger partial charge on any atom is 0.337 e. The van der Waals surface area contributed by atoms with Crippen LogP contribution in [0.25, 0.3) is 5.69 Å². The van der Waals surface area contributed by atoms with Crippen LogP contribution in [0, 0.1) is 19.8 Å². The number of carbonyl (C=O) groups excluding carboxylic acids is 1. The van der Waals surface area contributed by atoms with Gasteiger partial charge < -0.3 is 24.4 Å². The van der Waals surface area contributed by atoms with Gasteiger partial charge in [-0.3, -0.25) is 4.98 Å². The van der Waals surface area contributed by atoms with Crippen LogP contribution in [0.4, 0.5) is 11.4 Å². The van der Waals surface area contributed by atoms with Crippen molar-refractivity contribution in [3.05, 3.63) is 106 Å². The van der Waals surface area contributed by atoms with Crippen molar-refractivity contribution in [2.75, 3.05) is 30.0 Å². The average molecular weight is 614 g/mol. The van der Waals surface area contributed by atoms with Gasteiger partial charge in [0.2, 0.25) is 0 Å². The second-order valence-corrected chi connectivity index (χ2v) is 12.3. The van der Waals surface area contributed by atoms with Gasteiger partial charge in [-0.15, -0.1) is 0 Å². The van der Waals surface area contributed by atoms with Crippen LogP contribution in [0.1, 0.15) is 64.9 Å². The van der Waals surface area contributed by atoms with Crippen LogP contribution < -0.4 is 15.1 Å². The number of rotatable bonds is 6. The van der Waals surface area contributed by atoms with Gasteiger partial charge in [0.1, 0.15) is 0 Å². The number of thiocarbonyl (C=S) groups is 1. The van der Waals surface area contributed by atoms with Crippen molar-refractivity contribution < 1.29 is 9.53 Å². The van der Waals surface area contributed by atoms with Crippen LogP contribution in [0.3, 0.4) is 0 Å². The van der Waals surface area contributed by atoms with Crippen LogP contribution in [-0.4, -0.2) is 40.8 Å². The summed E-state index contributed by atoms with van der Waals surface area (Å²) >= 11 is 13.0. The SMILES string of the molecule is COC(=O)c1cccc(-n2c(C)cc([C@H]3[C@@H](c4ccccn4)NC(=S)N3c3ccc(N4CCC(C)CC4)c(Cl)c3)c2C)c1. The smallest absolute Gasteiger partial charge is 0.337 e. The molecule has 43 heavy (non-hydrogen) atoms. The number of carbonyl (C=O) groups is 1. The fourth-order valence-corrected chi connectivity index (χ4v) is 7.12. The molecule has 2 aromatic carbocycles. The molecule has 2 aliphatic rings. The first-order valence-corrected chi connectivity index (χ1v) is 15.5. The summed E-state index contributed by atoms with van der Waals surface area (Å²) in [4.78, 5) is 21.6. The van der Waals surface area contributed by atoms with E-state index in [1.807, 2.05) is 48.7 Å². The van der Waals surface area contributed by atoms with Crippen molar-refractivity contribution in [2.45, 2.75) is 45.7 Å². The van der Waals surface area contributed by atoms with E-state index < -0.39 is 0 Å². The number of benzene rings is 2. The Bertz CT molecular complexity index is 1660. The molecular formula is C34H36ClN5O2S. The first kappa shape index (κ1) is 29.2. The fourth-order valence-electron chi connectivity index (χ4n) is 6.47. The minimum Gasteiger partial charge on any atom is -0.465 e. The van der Waals surface area contributed by atoms with Crippen LogP contribution in [0.15, 0.2) is 72.9 Å². The third-order valence-electron chi connectivity index (χ3n) is 8.75. The minimum atomic E-state index is -0.365. The molecule has 2 fully saturated rings. The van der Waals surface area contributed by atoms with Gasteiger partial charge in [0.15, 0.2) is 5.11 Å². The molecule has 9 heteroatoms. The number of hydrogen-bond donors (Lipinski definition) is 1. The number of ether oxygens (including phenoxy) is 1. The predicted octanol–water partition coefficient (Wildman–Crippen LogP) is 7.34. The third kappa shape index (κ3) is 5.50. The van der Waals surface area contributed by atoms with E-state index in [1.54, 1.807) is 6.07 Å². The zero-order chi connectivity index (χ0) is 30.2. The molecule has 2 aromatic heterocycles. The summed E-state index contributed by atoms with van der Waals surface area (Å²) < 4.78 is 7.15. The summed E-state index contributed by atoms with van der Waals surface area (Å²) in [5, 5.41) is 4.91. The van der Waals surface area contributed by atoms with E-state index in [0.717, 1.165) is 63.7 Å². The van der Waals surface area contributed by atoms with Gasteiger partial charge >= 0.3 is 5.97 Å². The highest BCUT2D eigenvalue weighted by Gasteiger charge is 2.42. The van der Waals surface area contributed by atoms with E-state index in [4.69, 9.17) is 33.5 Å². The number of halogens is 1. The molecule has 2 atom stereocenters. The summed E-state index contributed by atoms with van der Waals surface area (Å²) in [6.07, 6.45) is 4.15. The molecule has 0 bridgehead atoms. The molecular weight excluding hydrogens is 578 g/mol. The molecule has 7 nitrogen and oxygen atoms in total. The maximum atomic E-state index is 12.3. The van der Waals surface area contributed by atoms with E-state index in [9.17, 15) is 4.79 Å². The summed E-state index contributed by atoms with van der Waals surface area (Å²) in [5.74, 6) is 0.379. The van der Waals surface area contributed by atoms with E-state index >= 15 is 0 Å². The quantitative estimate of drug-likeness (QED) is 0.180. The van der Waals surface area contributed by atoms with Crippen molar-refractivity contribution in [2.24, 2.45) is 5.92 Å². The lowest BCUT2D eigenvalue weighted by Gasteiger charge is -2.33. The van der Waals surface area contributed by atoms with Crippen LogP contribution >= 0.6 is 23.8 Å². The number of aryl methyl sites for hydroxylation is 1. The van der Waals surface area contributed by atoms with E-state index in [2.05, 4.69) is 58.7 Å². The summed E-state index contributed by atoms with van der Waals surface area (Å²) in [7, 11) is 1.40. The standard InChI is InChI=1S/C34H36ClN5O2S/c1-21-13-16-38(17-14-21)30-12-11-26(20-28(30)35)40-32(31(37-34(40)43)29-10-5-6-15-36-29)27-18-22(2)39(23(27)3)25-9-7-8-24(19-25)33(41)42-4/h5-12,15,18-21,31-32H,13-14,16-17H2,1-4H3,(H,37,43)/t31-,32+/m1/s1. The van der Waals surface area contributed by atoms with Crippen molar-refractivity contribution in [1.82, 2.24) is 14.9 Å². The number of hydrogen-bond acceptors (Lipinski definition) is 5. The highest BCUT2D eigenvalue weighted by molar-refractivity contribution is 7.80. The second-order valence-electron chi connectivity index (χ2n) is 11.5.